The van der Waals surface area contributed by atoms with Crippen molar-refractivity contribution in [2.45, 2.75) is 0 Å². The van der Waals surface area contributed by atoms with Crippen LogP contribution in [0.1, 0.15) is 11.3 Å². The average Bonchev–Trinajstić information content (AvgIpc) is 2.80. The van der Waals surface area contributed by atoms with Gasteiger partial charge in [0.15, 0.2) is 0 Å². The Balaban J connectivity index is 2.42. The fourth-order valence-electron chi connectivity index (χ4n) is 1.29. The second kappa shape index (κ2) is 4.36. The highest BCUT2D eigenvalue weighted by atomic mass is 15.3. The van der Waals surface area contributed by atoms with Crippen LogP contribution in [0, 0.1) is 0 Å². The van der Waals surface area contributed by atoms with Gasteiger partial charge < -0.3 is 5.43 Å². The molecule has 1 aromatic heterocycles. The summed E-state index contributed by atoms with van der Waals surface area (Å²) >= 11 is 0. The lowest BCUT2D eigenvalue weighted by atomic mass is 10.1. The van der Waals surface area contributed by atoms with E-state index in [-0.39, 0.29) is 0 Å². The van der Waals surface area contributed by atoms with Crippen LogP contribution in [0.2, 0.25) is 0 Å². The molecule has 0 spiro atoms. The number of nitrogens with one attached hydrogen (secondary N) is 2. The van der Waals surface area contributed by atoms with Crippen molar-refractivity contribution in [1.29, 1.82) is 0 Å². The van der Waals surface area contributed by atoms with Gasteiger partial charge in [0.25, 0.3) is 0 Å². The van der Waals surface area contributed by atoms with E-state index in [4.69, 9.17) is 0 Å². The Hall–Kier alpha value is -2.17. The molecule has 0 atom stereocenters. The van der Waals surface area contributed by atoms with Crippen LogP contribution in [-0.2, 0) is 0 Å². The van der Waals surface area contributed by atoms with Crippen LogP contribution in [-0.4, -0.2) is 28.2 Å². The molecule has 0 bridgehead atoms. The molecular formula is C10H11N5. The van der Waals surface area contributed by atoms with Gasteiger partial charge in [0, 0.05) is 12.6 Å². The predicted octanol–water partition coefficient (Wildman–Crippen LogP) is 0.776. The molecule has 76 valence electrons. The minimum absolute atomic E-state index is 0.718. The fourth-order valence-corrected chi connectivity index (χ4v) is 1.29. The number of rotatable bonds is 3. The average molecular weight is 201 g/mol. The summed E-state index contributed by atoms with van der Waals surface area (Å²) in [4.78, 5) is 0. The molecule has 5 heteroatoms. The summed E-state index contributed by atoms with van der Waals surface area (Å²) in [6.45, 7) is 0. The normalized spacial score (nSPS) is 11.4. The standard InChI is InChI=1S/C10H11N5/c1-11-14-10(9-7-12-15-13-9)8-5-3-2-4-6-8/h2-7,11H,1H3,(H,12,13,15)/b14-10-. The van der Waals surface area contributed by atoms with Crippen LogP contribution in [0.25, 0.3) is 0 Å². The van der Waals surface area contributed by atoms with Crippen LogP contribution < -0.4 is 5.43 Å². The van der Waals surface area contributed by atoms with E-state index in [1.54, 1.807) is 13.2 Å². The van der Waals surface area contributed by atoms with Crippen LogP contribution >= 0.6 is 0 Å². The minimum Gasteiger partial charge on any atom is -0.312 e. The summed E-state index contributed by atoms with van der Waals surface area (Å²) in [6, 6.07) is 9.83. The number of benzene rings is 1. The first kappa shape index (κ1) is 9.39. The van der Waals surface area contributed by atoms with Gasteiger partial charge in [0.1, 0.15) is 11.4 Å². The SMILES string of the molecule is CN/N=C(/c1ccccc1)c1cn[nH]n1. The zero-order valence-electron chi connectivity index (χ0n) is 8.31. The van der Waals surface area contributed by atoms with E-state index in [9.17, 15) is 0 Å². The third kappa shape index (κ3) is 2.01. The molecule has 5 nitrogen and oxygen atoms in total. The molecule has 0 aliphatic carbocycles. The van der Waals surface area contributed by atoms with Crippen molar-refractivity contribution in [2.75, 3.05) is 7.05 Å². The molecule has 0 unspecified atom stereocenters. The largest absolute Gasteiger partial charge is 0.312 e. The lowest BCUT2D eigenvalue weighted by molar-refractivity contribution is 0.896. The number of aromatic amines is 1. The van der Waals surface area contributed by atoms with Gasteiger partial charge in [0.05, 0.1) is 6.20 Å². The van der Waals surface area contributed by atoms with Crippen LogP contribution in [0.4, 0.5) is 0 Å². The molecule has 0 aliphatic heterocycles. The van der Waals surface area contributed by atoms with Crippen LogP contribution in [0.15, 0.2) is 41.6 Å². The molecule has 0 amide bonds. The third-order valence-electron chi connectivity index (χ3n) is 1.93. The smallest absolute Gasteiger partial charge is 0.133 e. The van der Waals surface area contributed by atoms with Gasteiger partial charge in [-0.15, -0.1) is 0 Å². The van der Waals surface area contributed by atoms with Crippen molar-refractivity contribution in [3.63, 3.8) is 0 Å². The van der Waals surface area contributed by atoms with Crippen molar-refractivity contribution in [1.82, 2.24) is 20.8 Å². The van der Waals surface area contributed by atoms with Gasteiger partial charge in [0.2, 0.25) is 0 Å². The maximum atomic E-state index is 4.18. The number of hydrogen-bond acceptors (Lipinski definition) is 4. The summed E-state index contributed by atoms with van der Waals surface area (Å²) in [5.41, 5.74) is 5.25. The van der Waals surface area contributed by atoms with Gasteiger partial charge in [-0.2, -0.15) is 20.5 Å². The van der Waals surface area contributed by atoms with Crippen molar-refractivity contribution >= 4 is 5.71 Å². The summed E-state index contributed by atoms with van der Waals surface area (Å²) in [5, 5.41) is 14.5. The molecule has 0 radical (unpaired) electrons. The fraction of sp³-hybridized carbons (Fsp3) is 0.100. The van der Waals surface area contributed by atoms with Gasteiger partial charge >= 0.3 is 0 Å². The lowest BCUT2D eigenvalue weighted by Gasteiger charge is -2.01. The Kier molecular flexibility index (Phi) is 2.73. The van der Waals surface area contributed by atoms with Crippen molar-refractivity contribution < 1.29 is 0 Å². The van der Waals surface area contributed by atoms with Crippen molar-refractivity contribution in [2.24, 2.45) is 5.10 Å². The predicted molar refractivity (Wildman–Crippen MR) is 57.5 cm³/mol. The molecule has 2 rings (SSSR count). The summed E-state index contributed by atoms with van der Waals surface area (Å²) in [7, 11) is 1.75. The van der Waals surface area contributed by atoms with E-state index in [2.05, 4.69) is 25.9 Å². The number of hydrogen-bond donors (Lipinski definition) is 2. The van der Waals surface area contributed by atoms with Gasteiger partial charge in [-0.05, 0) is 0 Å². The van der Waals surface area contributed by atoms with Gasteiger partial charge in [-0.3, -0.25) is 0 Å². The highest BCUT2D eigenvalue weighted by Gasteiger charge is 2.08. The molecule has 0 fully saturated rings. The minimum atomic E-state index is 0.718. The Labute approximate surface area is 87.2 Å². The maximum Gasteiger partial charge on any atom is 0.133 e. The van der Waals surface area contributed by atoms with Crippen molar-refractivity contribution in [3.05, 3.63) is 47.8 Å². The molecular weight excluding hydrogens is 190 g/mol. The zero-order chi connectivity index (χ0) is 10.5. The third-order valence-corrected chi connectivity index (χ3v) is 1.93. The van der Waals surface area contributed by atoms with Crippen molar-refractivity contribution in [3.8, 4) is 0 Å². The number of nitrogens with zero attached hydrogens (tertiary/aromatic N) is 3. The monoisotopic (exact) mass is 201 g/mol. The van der Waals surface area contributed by atoms with Gasteiger partial charge in [-0.25, -0.2) is 0 Å². The molecule has 1 heterocycles. The first-order valence-corrected chi connectivity index (χ1v) is 4.58. The van der Waals surface area contributed by atoms with Crippen LogP contribution in [0.3, 0.4) is 0 Å². The Morgan fingerprint density at radius 2 is 2.13 bits per heavy atom. The summed E-state index contributed by atoms with van der Waals surface area (Å²) in [6.07, 6.45) is 1.64. The molecule has 0 aliphatic rings. The second-order valence-corrected chi connectivity index (χ2v) is 2.91. The first-order valence-electron chi connectivity index (χ1n) is 4.58. The molecule has 2 N–H and O–H groups in total. The topological polar surface area (TPSA) is 66.0 Å². The molecule has 0 saturated heterocycles. The summed E-state index contributed by atoms with van der Waals surface area (Å²) in [5.74, 6) is 0. The van der Waals surface area contributed by atoms with E-state index >= 15 is 0 Å². The number of H-pyrrole nitrogens is 1. The van der Waals surface area contributed by atoms with Gasteiger partial charge in [-0.1, -0.05) is 30.3 Å². The van der Waals surface area contributed by atoms with E-state index in [1.165, 1.54) is 0 Å². The van der Waals surface area contributed by atoms with E-state index in [0.29, 0.717) is 0 Å². The lowest BCUT2D eigenvalue weighted by Crippen LogP contribution is -2.09. The maximum absolute atomic E-state index is 4.18. The second-order valence-electron chi connectivity index (χ2n) is 2.91. The molecule has 15 heavy (non-hydrogen) atoms. The number of aromatic nitrogens is 3. The quantitative estimate of drug-likeness (QED) is 0.569. The highest BCUT2D eigenvalue weighted by Crippen LogP contribution is 2.06. The van der Waals surface area contributed by atoms with E-state index in [1.807, 2.05) is 30.3 Å². The Morgan fingerprint density at radius 1 is 1.33 bits per heavy atom. The van der Waals surface area contributed by atoms with E-state index < -0.39 is 0 Å². The Bertz CT molecular complexity index is 432. The molecule has 0 saturated carbocycles. The zero-order valence-corrected chi connectivity index (χ0v) is 8.31. The molecule has 2 aromatic rings. The first-order chi connectivity index (χ1) is 7.42. The summed E-state index contributed by atoms with van der Waals surface area (Å²) < 4.78 is 0. The van der Waals surface area contributed by atoms with Crippen LogP contribution in [0.5, 0.6) is 0 Å². The Morgan fingerprint density at radius 3 is 2.73 bits per heavy atom. The number of hydrazone groups is 1. The molecule has 1 aromatic carbocycles. The highest BCUT2D eigenvalue weighted by molar-refractivity contribution is 6.11. The van der Waals surface area contributed by atoms with E-state index in [0.717, 1.165) is 17.0 Å².